The summed E-state index contributed by atoms with van der Waals surface area (Å²) in [5.74, 6) is 1.04. The Morgan fingerprint density at radius 1 is 1.17 bits per heavy atom. The second-order valence-electron chi connectivity index (χ2n) is 6.85. The van der Waals surface area contributed by atoms with Gasteiger partial charge in [-0.25, -0.2) is 9.97 Å². The van der Waals surface area contributed by atoms with E-state index in [-0.39, 0.29) is 0 Å². The molecule has 144 valence electrons. The molecule has 0 bridgehead atoms. The van der Waals surface area contributed by atoms with Crippen LogP contribution in [0.3, 0.4) is 0 Å². The number of hydrogen-bond donors (Lipinski definition) is 1. The highest BCUT2D eigenvalue weighted by molar-refractivity contribution is 5.94. The standard InChI is InChI=1S/C22H20N6O/c1-14(2)28-13-17(16-6-8-24-12-20(16)28)18-7-9-25-22(26-18)27-19-10-15(11-23)4-5-21(19)29-3/h4-10,12-14H,1-3H3,(H,25,26,27). The van der Waals surface area contributed by atoms with E-state index < -0.39 is 0 Å². The largest absolute Gasteiger partial charge is 0.495 e. The van der Waals surface area contributed by atoms with Gasteiger partial charge in [0.05, 0.1) is 41.8 Å². The fourth-order valence-corrected chi connectivity index (χ4v) is 3.29. The van der Waals surface area contributed by atoms with E-state index in [0.717, 1.165) is 22.2 Å². The van der Waals surface area contributed by atoms with Crippen molar-refractivity contribution in [3.05, 3.63) is 60.7 Å². The molecule has 7 nitrogen and oxygen atoms in total. The Hall–Kier alpha value is -3.92. The lowest BCUT2D eigenvalue weighted by Gasteiger charge is -2.11. The lowest BCUT2D eigenvalue weighted by Crippen LogP contribution is -2.00. The first kappa shape index (κ1) is 18.4. The molecule has 0 aliphatic heterocycles. The molecule has 0 atom stereocenters. The molecule has 0 fully saturated rings. The van der Waals surface area contributed by atoms with Crippen LogP contribution in [0.25, 0.3) is 22.2 Å². The van der Waals surface area contributed by atoms with E-state index in [9.17, 15) is 5.26 Å². The molecule has 1 aromatic carbocycles. The van der Waals surface area contributed by atoms with Crippen LogP contribution in [-0.2, 0) is 0 Å². The Bertz CT molecular complexity index is 1220. The van der Waals surface area contributed by atoms with E-state index in [0.29, 0.717) is 29.0 Å². The van der Waals surface area contributed by atoms with Crippen molar-refractivity contribution in [2.75, 3.05) is 12.4 Å². The molecule has 0 aliphatic carbocycles. The summed E-state index contributed by atoms with van der Waals surface area (Å²) < 4.78 is 7.57. The van der Waals surface area contributed by atoms with Crippen LogP contribution in [0.15, 0.2) is 55.1 Å². The summed E-state index contributed by atoms with van der Waals surface area (Å²) in [5, 5.41) is 13.4. The van der Waals surface area contributed by atoms with Crippen molar-refractivity contribution in [1.29, 1.82) is 5.26 Å². The Morgan fingerprint density at radius 2 is 2.03 bits per heavy atom. The van der Waals surface area contributed by atoms with Crippen LogP contribution in [0.1, 0.15) is 25.5 Å². The summed E-state index contributed by atoms with van der Waals surface area (Å²) in [4.78, 5) is 13.3. The Balaban J connectivity index is 1.76. The van der Waals surface area contributed by atoms with Crippen molar-refractivity contribution in [2.24, 2.45) is 0 Å². The van der Waals surface area contributed by atoms with Crippen LogP contribution in [0, 0.1) is 11.3 Å². The number of anilines is 2. The van der Waals surface area contributed by atoms with Gasteiger partial charge in [0, 0.05) is 35.6 Å². The monoisotopic (exact) mass is 384 g/mol. The van der Waals surface area contributed by atoms with Gasteiger partial charge in [0.25, 0.3) is 0 Å². The summed E-state index contributed by atoms with van der Waals surface area (Å²) >= 11 is 0. The quantitative estimate of drug-likeness (QED) is 0.537. The summed E-state index contributed by atoms with van der Waals surface area (Å²) in [6, 6.07) is 11.5. The third-order valence-electron chi connectivity index (χ3n) is 4.70. The minimum Gasteiger partial charge on any atom is -0.495 e. The lowest BCUT2D eigenvalue weighted by molar-refractivity contribution is 0.416. The van der Waals surface area contributed by atoms with Gasteiger partial charge >= 0.3 is 0 Å². The zero-order valence-corrected chi connectivity index (χ0v) is 16.4. The molecule has 0 aliphatic rings. The van der Waals surface area contributed by atoms with E-state index >= 15 is 0 Å². The number of hydrogen-bond acceptors (Lipinski definition) is 6. The van der Waals surface area contributed by atoms with E-state index in [1.165, 1.54) is 0 Å². The zero-order chi connectivity index (χ0) is 20.4. The van der Waals surface area contributed by atoms with E-state index in [4.69, 9.17) is 9.72 Å². The maximum Gasteiger partial charge on any atom is 0.227 e. The van der Waals surface area contributed by atoms with Gasteiger partial charge < -0.3 is 14.6 Å². The van der Waals surface area contributed by atoms with Crippen molar-refractivity contribution in [2.45, 2.75) is 19.9 Å². The Kier molecular flexibility index (Phi) is 4.83. The number of pyridine rings is 1. The molecule has 4 aromatic rings. The maximum absolute atomic E-state index is 9.17. The van der Waals surface area contributed by atoms with Gasteiger partial charge in [0.1, 0.15) is 5.75 Å². The molecule has 0 saturated carbocycles. The third-order valence-corrected chi connectivity index (χ3v) is 4.70. The molecular formula is C22H20N6O. The molecule has 0 amide bonds. The summed E-state index contributed by atoms with van der Waals surface area (Å²) in [6.07, 6.45) is 7.47. The Morgan fingerprint density at radius 3 is 2.79 bits per heavy atom. The highest BCUT2D eigenvalue weighted by Crippen LogP contribution is 2.32. The molecule has 3 aromatic heterocycles. The number of nitriles is 1. The van der Waals surface area contributed by atoms with Crippen LogP contribution in [0.5, 0.6) is 5.75 Å². The summed E-state index contributed by atoms with van der Waals surface area (Å²) in [6.45, 7) is 4.27. The highest BCUT2D eigenvalue weighted by atomic mass is 16.5. The molecule has 0 radical (unpaired) electrons. The Labute approximate surface area is 168 Å². The number of rotatable bonds is 5. The van der Waals surface area contributed by atoms with Gasteiger partial charge in [-0.05, 0) is 44.2 Å². The first-order chi connectivity index (χ1) is 14.1. The van der Waals surface area contributed by atoms with Crippen molar-refractivity contribution in [3.8, 4) is 23.1 Å². The molecule has 0 unspecified atom stereocenters. The summed E-state index contributed by atoms with van der Waals surface area (Å²) in [7, 11) is 1.58. The molecule has 0 spiro atoms. The molecular weight excluding hydrogens is 364 g/mol. The van der Waals surface area contributed by atoms with Crippen molar-refractivity contribution in [1.82, 2.24) is 19.5 Å². The first-order valence-corrected chi connectivity index (χ1v) is 9.24. The minimum absolute atomic E-state index is 0.299. The maximum atomic E-state index is 9.17. The van der Waals surface area contributed by atoms with Gasteiger partial charge in [0.15, 0.2) is 0 Å². The number of fused-ring (bicyclic) bond motifs is 1. The second-order valence-corrected chi connectivity index (χ2v) is 6.85. The number of nitrogens with one attached hydrogen (secondary N) is 1. The van der Waals surface area contributed by atoms with Crippen LogP contribution >= 0.6 is 0 Å². The fourth-order valence-electron chi connectivity index (χ4n) is 3.29. The van der Waals surface area contributed by atoms with Crippen molar-refractivity contribution >= 4 is 22.5 Å². The average Bonchev–Trinajstić information content (AvgIpc) is 3.14. The topological polar surface area (TPSA) is 88.6 Å². The molecule has 29 heavy (non-hydrogen) atoms. The molecule has 7 heteroatoms. The van der Waals surface area contributed by atoms with Crippen LogP contribution < -0.4 is 10.1 Å². The normalized spacial score (nSPS) is 10.9. The van der Waals surface area contributed by atoms with Gasteiger partial charge in [-0.1, -0.05) is 0 Å². The third kappa shape index (κ3) is 3.48. The van der Waals surface area contributed by atoms with Crippen LogP contribution in [-0.4, -0.2) is 26.6 Å². The summed E-state index contributed by atoms with van der Waals surface area (Å²) in [5.41, 5.74) is 4.04. The molecule has 0 saturated heterocycles. The second kappa shape index (κ2) is 7.60. The molecule has 4 rings (SSSR count). The molecule has 3 heterocycles. The van der Waals surface area contributed by atoms with Crippen LogP contribution in [0.2, 0.25) is 0 Å². The predicted molar refractivity (Wildman–Crippen MR) is 112 cm³/mol. The fraction of sp³-hybridized carbons (Fsp3) is 0.182. The number of ether oxygens (including phenoxy) is 1. The van der Waals surface area contributed by atoms with Gasteiger partial charge in [-0.2, -0.15) is 5.26 Å². The zero-order valence-electron chi connectivity index (χ0n) is 16.4. The number of benzene rings is 1. The smallest absolute Gasteiger partial charge is 0.227 e. The predicted octanol–water partition coefficient (Wildman–Crippen LogP) is 4.70. The van der Waals surface area contributed by atoms with Crippen LogP contribution in [0.4, 0.5) is 11.6 Å². The van der Waals surface area contributed by atoms with Gasteiger partial charge in [-0.3, -0.25) is 4.98 Å². The lowest BCUT2D eigenvalue weighted by atomic mass is 10.1. The average molecular weight is 384 g/mol. The molecule has 1 N–H and O–H groups in total. The van der Waals surface area contributed by atoms with Crippen molar-refractivity contribution < 1.29 is 4.74 Å². The van der Waals surface area contributed by atoms with Gasteiger partial charge in [-0.15, -0.1) is 0 Å². The highest BCUT2D eigenvalue weighted by Gasteiger charge is 2.14. The SMILES string of the molecule is COc1ccc(C#N)cc1Nc1nccc(-c2cn(C(C)C)c3cnccc23)n1. The van der Waals surface area contributed by atoms with Gasteiger partial charge in [0.2, 0.25) is 5.95 Å². The number of methoxy groups -OCH3 is 1. The van der Waals surface area contributed by atoms with E-state index in [2.05, 4.69) is 46.0 Å². The number of aromatic nitrogens is 4. The van der Waals surface area contributed by atoms with Crippen molar-refractivity contribution in [3.63, 3.8) is 0 Å². The van der Waals surface area contributed by atoms with E-state index in [1.807, 2.05) is 18.3 Å². The minimum atomic E-state index is 0.299. The number of nitrogens with zero attached hydrogens (tertiary/aromatic N) is 5. The first-order valence-electron chi connectivity index (χ1n) is 9.24. The van der Waals surface area contributed by atoms with E-state index in [1.54, 1.807) is 37.7 Å².